The molecule has 5 fully saturated rings. The number of allylic oxidation sites excluding steroid dienone is 2. The Kier molecular flexibility index (Phi) is 3.63. The molecule has 1 aliphatic heterocycles. The first-order valence-electron chi connectivity index (χ1n) is 11.6. The van der Waals surface area contributed by atoms with Crippen LogP contribution in [-0.4, -0.2) is 24.8 Å². The quantitative estimate of drug-likeness (QED) is 0.639. The van der Waals surface area contributed by atoms with Gasteiger partial charge in [-0.15, -0.1) is 0 Å². The van der Waals surface area contributed by atoms with E-state index in [1.807, 2.05) is 0 Å². The van der Waals surface area contributed by atoms with E-state index in [1.54, 1.807) is 0 Å². The molecule has 0 aromatic carbocycles. The lowest BCUT2D eigenvalue weighted by atomic mass is 9.52. The molecule has 1 heterocycles. The Morgan fingerprint density at radius 1 is 1.11 bits per heavy atom. The molecule has 3 heteroatoms. The van der Waals surface area contributed by atoms with Crippen molar-refractivity contribution in [3.8, 4) is 0 Å². The molecule has 0 unspecified atom stereocenters. The van der Waals surface area contributed by atoms with Crippen LogP contribution in [0, 0.1) is 34.0 Å². The molecular weight excluding hydrogens is 336 g/mol. The third kappa shape index (κ3) is 2.25. The second kappa shape index (κ2) is 5.69. The van der Waals surface area contributed by atoms with E-state index in [1.165, 1.54) is 44.9 Å². The van der Waals surface area contributed by atoms with Gasteiger partial charge in [-0.1, -0.05) is 19.1 Å². The summed E-state index contributed by atoms with van der Waals surface area (Å²) in [4.78, 5) is 12.6. The summed E-state index contributed by atoms with van der Waals surface area (Å²) in [5.41, 5.74) is 0.921. The summed E-state index contributed by atoms with van der Waals surface area (Å²) in [7, 11) is 0. The van der Waals surface area contributed by atoms with E-state index in [9.17, 15) is 4.79 Å². The standard InChI is InChI=1S/C24H34O3/c1-22-10-9-19-17(18(22)5-6-20(22)25)8-11-23-14-16(7-12-24(19,23)15-23)27-21-4-2-3-13-26-21/h8,11,16-19,21H,2-7,9-10,12-15H2,1H3/t16-,17-,18-,19-,21+,22-,23+,24-/m0/s1. The van der Waals surface area contributed by atoms with Crippen LogP contribution >= 0.6 is 0 Å². The second-order valence-electron chi connectivity index (χ2n) is 10.9. The van der Waals surface area contributed by atoms with Gasteiger partial charge in [-0.05, 0) is 92.8 Å². The van der Waals surface area contributed by atoms with Gasteiger partial charge in [0.15, 0.2) is 6.29 Å². The maximum Gasteiger partial charge on any atom is 0.157 e. The van der Waals surface area contributed by atoms with Crippen molar-refractivity contribution in [1.29, 1.82) is 0 Å². The van der Waals surface area contributed by atoms with Gasteiger partial charge in [0, 0.05) is 18.4 Å². The van der Waals surface area contributed by atoms with Crippen LogP contribution in [0.4, 0.5) is 0 Å². The Labute approximate surface area is 163 Å². The highest BCUT2D eigenvalue weighted by Gasteiger charge is 2.74. The van der Waals surface area contributed by atoms with Crippen LogP contribution in [0.1, 0.15) is 77.6 Å². The molecule has 0 aromatic heterocycles. The summed E-state index contributed by atoms with van der Waals surface area (Å²) in [5, 5.41) is 0. The lowest BCUT2D eigenvalue weighted by Crippen LogP contribution is -2.48. The Hall–Kier alpha value is -0.670. The summed E-state index contributed by atoms with van der Waals surface area (Å²) < 4.78 is 12.2. The zero-order valence-corrected chi connectivity index (χ0v) is 16.8. The number of hydrogen-bond acceptors (Lipinski definition) is 3. The Morgan fingerprint density at radius 2 is 2.04 bits per heavy atom. The SMILES string of the molecule is C[C@]12CC[C@H]3[C@@H](C=C[C@]45C[C@@H](O[C@@H]6CCCCO6)CC[C@]34C5)[C@@H]1CCC2=O. The average Bonchev–Trinajstić information content (AvgIpc) is 3.28. The van der Waals surface area contributed by atoms with E-state index in [0.717, 1.165) is 38.2 Å². The predicted octanol–water partition coefficient (Wildman–Crippen LogP) is 5.04. The van der Waals surface area contributed by atoms with Gasteiger partial charge < -0.3 is 9.47 Å². The zero-order chi connectivity index (χ0) is 18.3. The number of rotatable bonds is 2. The summed E-state index contributed by atoms with van der Waals surface area (Å²) >= 11 is 0. The van der Waals surface area contributed by atoms with Crippen molar-refractivity contribution in [1.82, 2.24) is 0 Å². The normalized spacial score (nSPS) is 56.0. The first kappa shape index (κ1) is 17.2. The number of hydrogen-bond donors (Lipinski definition) is 0. The highest BCUT2D eigenvalue weighted by Crippen LogP contribution is 2.81. The minimum absolute atomic E-state index is 0.0182. The molecule has 0 N–H and O–H groups in total. The fraction of sp³-hybridized carbons (Fsp3) is 0.875. The minimum Gasteiger partial charge on any atom is -0.353 e. The number of carbonyl (C=O) groups excluding carboxylic acids is 1. The second-order valence-corrected chi connectivity index (χ2v) is 10.9. The largest absolute Gasteiger partial charge is 0.353 e. The van der Waals surface area contributed by atoms with Gasteiger partial charge in [0.25, 0.3) is 0 Å². The number of fused-ring (bicyclic) bond motifs is 3. The minimum atomic E-state index is -0.0182. The number of ketones is 1. The van der Waals surface area contributed by atoms with Crippen LogP contribution in [0.5, 0.6) is 0 Å². The van der Waals surface area contributed by atoms with Crippen LogP contribution in [0.15, 0.2) is 12.2 Å². The van der Waals surface area contributed by atoms with Gasteiger partial charge in [0.2, 0.25) is 0 Å². The van der Waals surface area contributed by atoms with Gasteiger partial charge >= 0.3 is 0 Å². The lowest BCUT2D eigenvalue weighted by molar-refractivity contribution is -0.199. The Balaban J connectivity index is 1.22. The molecule has 6 rings (SSSR count). The monoisotopic (exact) mass is 370 g/mol. The maximum atomic E-state index is 12.6. The third-order valence-electron chi connectivity index (χ3n) is 9.87. The maximum absolute atomic E-state index is 12.6. The highest BCUT2D eigenvalue weighted by atomic mass is 16.7. The first-order chi connectivity index (χ1) is 13.1. The number of ether oxygens (including phenoxy) is 2. The molecule has 3 nitrogen and oxygen atoms in total. The van der Waals surface area contributed by atoms with Crippen molar-refractivity contribution in [2.24, 2.45) is 34.0 Å². The summed E-state index contributed by atoms with van der Waals surface area (Å²) in [6, 6.07) is 0. The van der Waals surface area contributed by atoms with Gasteiger partial charge in [-0.3, -0.25) is 4.79 Å². The molecule has 0 bridgehead atoms. The van der Waals surface area contributed by atoms with E-state index in [0.29, 0.717) is 34.6 Å². The molecule has 8 atom stereocenters. The molecule has 27 heavy (non-hydrogen) atoms. The smallest absolute Gasteiger partial charge is 0.157 e. The molecule has 0 radical (unpaired) electrons. The van der Waals surface area contributed by atoms with Crippen molar-refractivity contribution in [3.63, 3.8) is 0 Å². The van der Waals surface area contributed by atoms with E-state index in [4.69, 9.17) is 9.47 Å². The van der Waals surface area contributed by atoms with Gasteiger partial charge in [0.1, 0.15) is 5.78 Å². The van der Waals surface area contributed by atoms with Crippen LogP contribution in [0.3, 0.4) is 0 Å². The molecule has 1 saturated heterocycles. The fourth-order valence-corrected chi connectivity index (χ4v) is 8.36. The summed E-state index contributed by atoms with van der Waals surface area (Å²) in [6.45, 7) is 3.15. The number of carbonyl (C=O) groups is 1. The first-order valence-corrected chi connectivity index (χ1v) is 11.6. The topological polar surface area (TPSA) is 35.5 Å². The van der Waals surface area contributed by atoms with Crippen molar-refractivity contribution in [3.05, 3.63) is 12.2 Å². The van der Waals surface area contributed by atoms with Crippen LogP contribution in [0.2, 0.25) is 0 Å². The molecular formula is C24H34O3. The highest BCUT2D eigenvalue weighted by molar-refractivity contribution is 5.87. The predicted molar refractivity (Wildman–Crippen MR) is 103 cm³/mol. The van der Waals surface area contributed by atoms with Crippen molar-refractivity contribution >= 4 is 5.78 Å². The fourth-order valence-electron chi connectivity index (χ4n) is 8.36. The van der Waals surface area contributed by atoms with Crippen molar-refractivity contribution in [2.75, 3.05) is 6.61 Å². The van der Waals surface area contributed by atoms with Crippen molar-refractivity contribution in [2.45, 2.75) is 89.9 Å². The third-order valence-corrected chi connectivity index (χ3v) is 9.87. The Morgan fingerprint density at radius 3 is 2.89 bits per heavy atom. The molecule has 5 aliphatic carbocycles. The van der Waals surface area contributed by atoms with Gasteiger partial charge in [-0.2, -0.15) is 0 Å². The molecule has 0 amide bonds. The zero-order valence-electron chi connectivity index (χ0n) is 16.8. The van der Waals surface area contributed by atoms with Crippen molar-refractivity contribution < 1.29 is 14.3 Å². The average molecular weight is 371 g/mol. The Bertz CT molecular complexity index is 679. The van der Waals surface area contributed by atoms with E-state index < -0.39 is 0 Å². The van der Waals surface area contributed by atoms with Gasteiger partial charge in [0.05, 0.1) is 6.10 Å². The number of Topliss-reactive ketones (excluding diaryl/α,β-unsaturated/α-hetero) is 1. The molecule has 148 valence electrons. The molecule has 4 saturated carbocycles. The van der Waals surface area contributed by atoms with Crippen LogP contribution in [0.25, 0.3) is 0 Å². The summed E-state index contributed by atoms with van der Waals surface area (Å²) in [5.74, 6) is 2.63. The molecule has 6 aliphatic rings. The van der Waals surface area contributed by atoms with E-state index in [2.05, 4.69) is 19.1 Å². The van der Waals surface area contributed by atoms with Crippen LogP contribution < -0.4 is 0 Å². The molecule has 0 spiro atoms. The van der Waals surface area contributed by atoms with E-state index >= 15 is 0 Å². The van der Waals surface area contributed by atoms with Gasteiger partial charge in [-0.25, -0.2) is 0 Å². The van der Waals surface area contributed by atoms with Crippen LogP contribution in [-0.2, 0) is 14.3 Å². The summed E-state index contributed by atoms with van der Waals surface area (Å²) in [6.07, 6.45) is 18.6. The molecule has 0 aromatic rings. The van der Waals surface area contributed by atoms with E-state index in [-0.39, 0.29) is 11.7 Å². The lowest BCUT2D eigenvalue weighted by Gasteiger charge is -2.52.